The molecule has 1 aliphatic rings. The van der Waals surface area contributed by atoms with Crippen LogP contribution in [0.15, 0.2) is 0 Å². The van der Waals surface area contributed by atoms with Crippen LogP contribution < -0.4 is 0 Å². The molecule has 20 heavy (non-hydrogen) atoms. The number of nitrogens with zero attached hydrogens (tertiary/aromatic N) is 1. The Morgan fingerprint density at radius 2 is 1.95 bits per heavy atom. The Bertz CT molecular complexity index is 510. The highest BCUT2D eigenvalue weighted by molar-refractivity contribution is 5.98. The molecule has 4 heteroatoms. The number of carbonyl (C=O) groups is 2. The zero-order valence-corrected chi connectivity index (χ0v) is 12.6. The van der Waals surface area contributed by atoms with Gasteiger partial charge in [0.25, 0.3) is 0 Å². The molecule has 1 fully saturated rings. The van der Waals surface area contributed by atoms with Crippen LogP contribution in [0.2, 0.25) is 0 Å². The first kappa shape index (κ1) is 14.8. The Labute approximate surface area is 120 Å². The second kappa shape index (κ2) is 6.25. The molecule has 0 spiro atoms. The van der Waals surface area contributed by atoms with Gasteiger partial charge in [0.05, 0.1) is 12.7 Å². The fourth-order valence-corrected chi connectivity index (χ4v) is 3.21. The molecule has 1 heterocycles. The van der Waals surface area contributed by atoms with E-state index >= 15 is 0 Å². The molecule has 0 aliphatic heterocycles. The highest BCUT2D eigenvalue weighted by Crippen LogP contribution is 2.29. The number of ether oxygens (including phenoxy) is 1. The van der Waals surface area contributed by atoms with Crippen LogP contribution in [0.3, 0.4) is 0 Å². The molecule has 0 amide bonds. The summed E-state index contributed by atoms with van der Waals surface area (Å²) < 4.78 is 6.85. The van der Waals surface area contributed by atoms with E-state index in [9.17, 15) is 9.59 Å². The van der Waals surface area contributed by atoms with Gasteiger partial charge in [-0.3, -0.25) is 4.79 Å². The maximum atomic E-state index is 12.0. The normalized spacial score (nSPS) is 16.1. The molecule has 1 aliphatic carbocycles. The van der Waals surface area contributed by atoms with Crippen LogP contribution in [-0.4, -0.2) is 23.9 Å². The summed E-state index contributed by atoms with van der Waals surface area (Å²) in [5.41, 5.74) is 2.78. The van der Waals surface area contributed by atoms with Crippen molar-refractivity contribution in [1.82, 2.24) is 4.57 Å². The summed E-state index contributed by atoms with van der Waals surface area (Å²) in [7, 11) is 1.36. The smallest absolute Gasteiger partial charge is 0.355 e. The molecule has 0 aromatic carbocycles. The van der Waals surface area contributed by atoms with Crippen molar-refractivity contribution >= 4 is 12.3 Å². The van der Waals surface area contributed by atoms with Crippen molar-refractivity contribution < 1.29 is 14.3 Å². The van der Waals surface area contributed by atoms with Crippen LogP contribution in [0.4, 0.5) is 0 Å². The number of methoxy groups -OCH3 is 1. The molecule has 110 valence electrons. The summed E-state index contributed by atoms with van der Waals surface area (Å²) >= 11 is 0. The van der Waals surface area contributed by atoms with Gasteiger partial charge >= 0.3 is 5.97 Å². The first-order valence-electron chi connectivity index (χ1n) is 7.33. The van der Waals surface area contributed by atoms with Crippen molar-refractivity contribution in [3.8, 4) is 0 Å². The van der Waals surface area contributed by atoms with E-state index in [4.69, 9.17) is 4.74 Å². The maximum Gasteiger partial charge on any atom is 0.355 e. The van der Waals surface area contributed by atoms with Gasteiger partial charge in [0.15, 0.2) is 6.29 Å². The fraction of sp³-hybridized carbons (Fsp3) is 0.625. The van der Waals surface area contributed by atoms with Gasteiger partial charge in [-0.05, 0) is 38.2 Å². The molecule has 1 aromatic heterocycles. The van der Waals surface area contributed by atoms with Crippen molar-refractivity contribution in [2.75, 3.05) is 7.11 Å². The van der Waals surface area contributed by atoms with Crippen LogP contribution in [-0.2, 0) is 11.3 Å². The van der Waals surface area contributed by atoms with Gasteiger partial charge < -0.3 is 9.30 Å². The third-order valence-electron chi connectivity index (χ3n) is 4.54. The van der Waals surface area contributed by atoms with Gasteiger partial charge in [-0.1, -0.05) is 19.3 Å². The predicted octanol–water partition coefficient (Wildman–Crippen LogP) is 3.28. The van der Waals surface area contributed by atoms with E-state index < -0.39 is 5.97 Å². The Morgan fingerprint density at radius 1 is 1.30 bits per heavy atom. The number of esters is 1. The lowest BCUT2D eigenvalue weighted by Crippen LogP contribution is -2.20. The highest BCUT2D eigenvalue weighted by Gasteiger charge is 2.25. The summed E-state index contributed by atoms with van der Waals surface area (Å²) in [6.45, 7) is 4.67. The van der Waals surface area contributed by atoms with Crippen molar-refractivity contribution in [3.05, 3.63) is 22.5 Å². The van der Waals surface area contributed by atoms with E-state index in [1.165, 1.54) is 39.2 Å². The Morgan fingerprint density at radius 3 is 2.50 bits per heavy atom. The second-order valence-corrected chi connectivity index (χ2v) is 5.70. The summed E-state index contributed by atoms with van der Waals surface area (Å²) in [5, 5.41) is 0. The molecule has 2 rings (SSSR count). The zero-order valence-electron chi connectivity index (χ0n) is 12.6. The van der Waals surface area contributed by atoms with Crippen molar-refractivity contribution in [3.63, 3.8) is 0 Å². The van der Waals surface area contributed by atoms with E-state index in [1.54, 1.807) is 0 Å². The van der Waals surface area contributed by atoms with Gasteiger partial charge in [0.2, 0.25) is 0 Å². The van der Waals surface area contributed by atoms with E-state index in [0.29, 0.717) is 17.2 Å². The lowest BCUT2D eigenvalue weighted by molar-refractivity contribution is 0.0583. The third kappa shape index (κ3) is 2.65. The number of hydrogen-bond donors (Lipinski definition) is 0. The molecule has 1 aromatic rings. The van der Waals surface area contributed by atoms with E-state index in [1.807, 2.05) is 18.4 Å². The van der Waals surface area contributed by atoms with Crippen molar-refractivity contribution in [2.45, 2.75) is 52.5 Å². The number of aldehydes is 1. The molecule has 0 N–H and O–H groups in total. The average molecular weight is 277 g/mol. The standard InChI is InChI=1S/C16H23NO3/c1-11-12(2)17(9-13-7-5-4-6-8-13)15(14(11)10-18)16(19)20-3/h10,13H,4-9H2,1-3H3. The number of aromatic nitrogens is 1. The van der Waals surface area contributed by atoms with Gasteiger partial charge in [-0.25, -0.2) is 4.79 Å². The fourth-order valence-electron chi connectivity index (χ4n) is 3.21. The molecule has 0 radical (unpaired) electrons. The molecular weight excluding hydrogens is 254 g/mol. The monoisotopic (exact) mass is 277 g/mol. The van der Waals surface area contributed by atoms with Crippen molar-refractivity contribution in [2.24, 2.45) is 5.92 Å². The molecule has 1 saturated carbocycles. The quantitative estimate of drug-likeness (QED) is 0.627. The highest BCUT2D eigenvalue weighted by atomic mass is 16.5. The predicted molar refractivity (Wildman–Crippen MR) is 77.2 cm³/mol. The van der Waals surface area contributed by atoms with E-state index in [2.05, 4.69) is 0 Å². The van der Waals surface area contributed by atoms with Gasteiger partial charge in [-0.2, -0.15) is 0 Å². The second-order valence-electron chi connectivity index (χ2n) is 5.70. The lowest BCUT2D eigenvalue weighted by Gasteiger charge is -2.23. The number of rotatable bonds is 4. The number of carbonyl (C=O) groups excluding carboxylic acids is 2. The van der Waals surface area contributed by atoms with Gasteiger partial charge in [0.1, 0.15) is 5.69 Å². The van der Waals surface area contributed by atoms with E-state index in [-0.39, 0.29) is 0 Å². The summed E-state index contributed by atoms with van der Waals surface area (Å²) in [6.07, 6.45) is 7.01. The van der Waals surface area contributed by atoms with E-state index in [0.717, 1.165) is 24.1 Å². The Balaban J connectivity index is 2.39. The first-order chi connectivity index (χ1) is 9.60. The SMILES string of the molecule is COC(=O)c1c(C=O)c(C)c(C)n1CC1CCCCC1. The summed E-state index contributed by atoms with van der Waals surface area (Å²) in [4.78, 5) is 23.3. The van der Waals surface area contributed by atoms with Crippen LogP contribution in [0.5, 0.6) is 0 Å². The molecule has 4 nitrogen and oxygen atoms in total. The molecule has 0 atom stereocenters. The van der Waals surface area contributed by atoms with Crippen molar-refractivity contribution in [1.29, 1.82) is 0 Å². The van der Waals surface area contributed by atoms with Gasteiger partial charge in [0, 0.05) is 12.2 Å². The minimum atomic E-state index is -0.417. The summed E-state index contributed by atoms with van der Waals surface area (Å²) in [6, 6.07) is 0. The molecule has 0 unspecified atom stereocenters. The van der Waals surface area contributed by atoms with Crippen LogP contribution in [0, 0.1) is 19.8 Å². The Kier molecular flexibility index (Phi) is 4.63. The van der Waals surface area contributed by atoms with Crippen LogP contribution in [0.1, 0.15) is 64.2 Å². The molecular formula is C16H23NO3. The lowest BCUT2D eigenvalue weighted by atomic mass is 9.89. The molecule has 0 saturated heterocycles. The Hall–Kier alpha value is -1.58. The zero-order chi connectivity index (χ0) is 14.7. The van der Waals surface area contributed by atoms with Crippen LogP contribution in [0.25, 0.3) is 0 Å². The first-order valence-corrected chi connectivity index (χ1v) is 7.33. The molecule has 0 bridgehead atoms. The minimum Gasteiger partial charge on any atom is -0.464 e. The third-order valence-corrected chi connectivity index (χ3v) is 4.54. The van der Waals surface area contributed by atoms with Crippen LogP contribution >= 0.6 is 0 Å². The summed E-state index contributed by atoms with van der Waals surface area (Å²) in [5.74, 6) is 0.177. The minimum absolute atomic E-state index is 0.417. The van der Waals surface area contributed by atoms with Gasteiger partial charge in [-0.15, -0.1) is 0 Å². The number of hydrogen-bond acceptors (Lipinski definition) is 3. The maximum absolute atomic E-state index is 12.0. The average Bonchev–Trinajstić information content (AvgIpc) is 2.72. The topological polar surface area (TPSA) is 48.3 Å². The largest absolute Gasteiger partial charge is 0.464 e.